The second-order valence-corrected chi connectivity index (χ2v) is 9.55. The summed E-state index contributed by atoms with van der Waals surface area (Å²) in [6.07, 6.45) is 1.69. The van der Waals surface area contributed by atoms with Gasteiger partial charge < -0.3 is 9.84 Å². The normalized spacial score (nSPS) is 15.5. The second-order valence-electron chi connectivity index (χ2n) is 7.62. The Kier molecular flexibility index (Phi) is 7.51. The summed E-state index contributed by atoms with van der Waals surface area (Å²) < 4.78 is 6.71. The van der Waals surface area contributed by atoms with E-state index in [-0.39, 0.29) is 23.8 Å². The van der Waals surface area contributed by atoms with Gasteiger partial charge in [-0.2, -0.15) is 0 Å². The van der Waals surface area contributed by atoms with Gasteiger partial charge in [0.25, 0.3) is 11.6 Å². The fourth-order valence-electron chi connectivity index (χ4n) is 3.30. The van der Waals surface area contributed by atoms with Crippen molar-refractivity contribution in [1.29, 1.82) is 0 Å². The number of nitrogens with zero attached hydrogens (tertiary/aromatic N) is 3. The van der Waals surface area contributed by atoms with Crippen molar-refractivity contribution in [2.45, 2.75) is 6.61 Å². The molecule has 0 spiro atoms. The van der Waals surface area contributed by atoms with Crippen LogP contribution >= 0.6 is 27.7 Å². The van der Waals surface area contributed by atoms with E-state index in [9.17, 15) is 24.8 Å². The van der Waals surface area contributed by atoms with E-state index >= 15 is 0 Å². The number of carboxylic acids is 1. The number of nitro groups is 1. The lowest BCUT2D eigenvalue weighted by atomic mass is 10.1. The van der Waals surface area contributed by atoms with Crippen LogP contribution in [0.5, 0.6) is 5.75 Å². The smallest absolute Gasteiger partial charge is 0.335 e. The Morgan fingerprint density at radius 3 is 2.72 bits per heavy atom. The number of hydrogen-bond donors (Lipinski definition) is 1. The number of likely N-dealkylation sites (N-methyl/N-ethyl adjacent to an activating group) is 1. The van der Waals surface area contributed by atoms with Gasteiger partial charge in [-0.05, 0) is 59.8 Å². The fraction of sp³-hybridized carbons (Fsp3) is 0.0800. The zero-order valence-electron chi connectivity index (χ0n) is 18.8. The molecule has 1 amide bonds. The maximum Gasteiger partial charge on any atom is 0.335 e. The molecule has 0 atom stereocenters. The van der Waals surface area contributed by atoms with Crippen LogP contribution in [0.1, 0.15) is 21.5 Å². The highest BCUT2D eigenvalue weighted by molar-refractivity contribution is 9.10. The summed E-state index contributed by atoms with van der Waals surface area (Å²) in [7, 11) is 1.59. The predicted octanol–water partition coefficient (Wildman–Crippen LogP) is 5.87. The Bertz CT molecular complexity index is 1440. The minimum atomic E-state index is -1.06. The van der Waals surface area contributed by atoms with Gasteiger partial charge in [-0.15, -0.1) is 0 Å². The highest BCUT2D eigenvalue weighted by Crippen LogP contribution is 2.36. The van der Waals surface area contributed by atoms with E-state index in [4.69, 9.17) is 4.74 Å². The van der Waals surface area contributed by atoms with Crippen molar-refractivity contribution in [2.24, 2.45) is 4.99 Å². The average molecular weight is 568 g/mol. The number of carbonyl (C=O) groups is 2. The first-order chi connectivity index (χ1) is 17.2. The Morgan fingerprint density at radius 1 is 1.19 bits per heavy atom. The number of aromatic carboxylic acids is 1. The lowest BCUT2D eigenvalue weighted by molar-refractivity contribution is -0.384. The van der Waals surface area contributed by atoms with E-state index in [0.717, 1.165) is 16.2 Å². The van der Waals surface area contributed by atoms with E-state index in [1.807, 2.05) is 0 Å². The molecule has 11 heteroatoms. The van der Waals surface area contributed by atoms with Gasteiger partial charge in [-0.25, -0.2) is 9.79 Å². The zero-order valence-corrected chi connectivity index (χ0v) is 21.2. The van der Waals surface area contributed by atoms with E-state index in [1.165, 1.54) is 29.2 Å². The molecule has 1 aliphatic rings. The Morgan fingerprint density at radius 2 is 1.97 bits per heavy atom. The molecule has 0 bridgehead atoms. The maximum atomic E-state index is 12.9. The number of non-ortho nitro benzene ring substituents is 1. The van der Waals surface area contributed by atoms with Crippen molar-refractivity contribution >= 4 is 62.2 Å². The molecule has 0 radical (unpaired) electrons. The Balaban J connectivity index is 1.59. The number of aliphatic imine (C=N–C) groups is 1. The highest BCUT2D eigenvalue weighted by Gasteiger charge is 2.30. The van der Waals surface area contributed by atoms with Crippen molar-refractivity contribution in [3.63, 3.8) is 0 Å². The number of amides is 1. The van der Waals surface area contributed by atoms with Gasteiger partial charge in [0.1, 0.15) is 12.4 Å². The van der Waals surface area contributed by atoms with Crippen LogP contribution < -0.4 is 4.74 Å². The van der Waals surface area contributed by atoms with Gasteiger partial charge in [0.05, 0.1) is 21.1 Å². The summed E-state index contributed by atoms with van der Waals surface area (Å²) in [5.74, 6) is -0.834. The van der Waals surface area contributed by atoms with Crippen molar-refractivity contribution in [3.05, 3.63) is 103 Å². The third-order valence-corrected chi connectivity index (χ3v) is 6.65. The van der Waals surface area contributed by atoms with E-state index in [2.05, 4.69) is 20.9 Å². The minimum absolute atomic E-state index is 0.0223. The zero-order chi connectivity index (χ0) is 25.8. The van der Waals surface area contributed by atoms with Gasteiger partial charge in [0, 0.05) is 29.2 Å². The lowest BCUT2D eigenvalue weighted by Gasteiger charge is -2.10. The standard InChI is InChI=1S/C25H18BrN3O6S/c1-28-23(30)22(36-25(28)27-19-6-3-5-16(12-19)24(31)32)13-17-11-18(26)8-9-21(17)35-14-15-4-2-7-20(10-15)29(33)34/h2-13H,14H2,1H3,(H,31,32)/b22-13-,27-25?. The van der Waals surface area contributed by atoms with E-state index in [1.54, 1.807) is 55.6 Å². The number of amidine groups is 1. The van der Waals surface area contributed by atoms with Crippen molar-refractivity contribution < 1.29 is 24.4 Å². The molecule has 4 rings (SSSR count). The molecule has 182 valence electrons. The summed E-state index contributed by atoms with van der Waals surface area (Å²) in [6.45, 7) is 0.104. The molecule has 1 fully saturated rings. The maximum absolute atomic E-state index is 12.9. The summed E-state index contributed by atoms with van der Waals surface area (Å²) in [5.41, 5.74) is 1.76. The number of benzene rings is 3. The first-order valence-corrected chi connectivity index (χ1v) is 12.1. The molecule has 3 aromatic rings. The number of thioether (sulfide) groups is 1. The molecular formula is C25H18BrN3O6S. The molecule has 1 N–H and O–H groups in total. The van der Waals surface area contributed by atoms with Crippen LogP contribution in [0.15, 0.2) is 81.1 Å². The first kappa shape index (κ1) is 25.1. The molecule has 0 saturated carbocycles. The number of ether oxygens (including phenoxy) is 1. The minimum Gasteiger partial charge on any atom is -0.488 e. The summed E-state index contributed by atoms with van der Waals surface area (Å²) in [5, 5.41) is 20.6. The Labute approximate surface area is 218 Å². The largest absolute Gasteiger partial charge is 0.488 e. The SMILES string of the molecule is CN1C(=O)/C(=C/c2cc(Br)ccc2OCc2cccc([N+](=O)[O-])c2)SC1=Nc1cccc(C(=O)O)c1. The third-order valence-electron chi connectivity index (χ3n) is 5.10. The van der Waals surface area contributed by atoms with Crippen LogP contribution in [0.2, 0.25) is 0 Å². The summed E-state index contributed by atoms with van der Waals surface area (Å²) >= 11 is 4.59. The average Bonchev–Trinajstić information content (AvgIpc) is 3.11. The lowest BCUT2D eigenvalue weighted by Crippen LogP contribution is -2.23. The van der Waals surface area contributed by atoms with Crippen LogP contribution in [0.25, 0.3) is 6.08 Å². The number of carbonyl (C=O) groups excluding carboxylic acids is 1. The van der Waals surface area contributed by atoms with Crippen LogP contribution in [0, 0.1) is 10.1 Å². The summed E-state index contributed by atoms with van der Waals surface area (Å²) in [4.78, 5) is 41.0. The van der Waals surface area contributed by atoms with Crippen LogP contribution in [0.4, 0.5) is 11.4 Å². The fourth-order valence-corrected chi connectivity index (χ4v) is 4.65. The molecule has 3 aromatic carbocycles. The number of hydrogen-bond acceptors (Lipinski definition) is 7. The number of carboxylic acid groups (broad SMARTS) is 1. The van der Waals surface area contributed by atoms with E-state index in [0.29, 0.717) is 32.6 Å². The predicted molar refractivity (Wildman–Crippen MR) is 140 cm³/mol. The Hall–Kier alpha value is -3.96. The number of halogens is 1. The van der Waals surface area contributed by atoms with Crippen molar-refractivity contribution in [3.8, 4) is 5.75 Å². The van der Waals surface area contributed by atoms with Crippen molar-refractivity contribution in [1.82, 2.24) is 4.90 Å². The molecular weight excluding hydrogens is 550 g/mol. The van der Waals surface area contributed by atoms with Crippen LogP contribution in [-0.4, -0.2) is 39.0 Å². The highest BCUT2D eigenvalue weighted by atomic mass is 79.9. The van der Waals surface area contributed by atoms with Gasteiger partial charge in [0.15, 0.2) is 5.17 Å². The molecule has 0 aliphatic carbocycles. The molecule has 0 unspecified atom stereocenters. The molecule has 1 saturated heterocycles. The monoisotopic (exact) mass is 567 g/mol. The number of nitro benzene ring substituents is 1. The molecule has 0 aromatic heterocycles. The van der Waals surface area contributed by atoms with Crippen LogP contribution in [-0.2, 0) is 11.4 Å². The molecule has 1 heterocycles. The van der Waals surface area contributed by atoms with Gasteiger partial charge >= 0.3 is 5.97 Å². The second kappa shape index (κ2) is 10.8. The molecule has 1 aliphatic heterocycles. The first-order valence-electron chi connectivity index (χ1n) is 10.5. The quantitative estimate of drug-likeness (QED) is 0.215. The van der Waals surface area contributed by atoms with E-state index < -0.39 is 10.9 Å². The number of rotatable bonds is 7. The summed E-state index contributed by atoms with van der Waals surface area (Å²) in [6, 6.07) is 17.7. The van der Waals surface area contributed by atoms with Gasteiger partial charge in [0.2, 0.25) is 0 Å². The van der Waals surface area contributed by atoms with Crippen LogP contribution in [0.3, 0.4) is 0 Å². The van der Waals surface area contributed by atoms with Gasteiger partial charge in [-0.1, -0.05) is 34.1 Å². The molecule has 36 heavy (non-hydrogen) atoms. The molecule has 9 nitrogen and oxygen atoms in total. The topological polar surface area (TPSA) is 122 Å². The third kappa shape index (κ3) is 5.81. The van der Waals surface area contributed by atoms with Gasteiger partial charge in [-0.3, -0.25) is 19.8 Å². The van der Waals surface area contributed by atoms with Crippen molar-refractivity contribution in [2.75, 3.05) is 7.05 Å².